The van der Waals surface area contributed by atoms with Crippen LogP contribution in [0.25, 0.3) is 0 Å². The van der Waals surface area contributed by atoms with Gasteiger partial charge in [0.1, 0.15) is 5.25 Å². The van der Waals surface area contributed by atoms with Gasteiger partial charge in [0, 0.05) is 11.4 Å². The lowest BCUT2D eigenvalue weighted by Crippen LogP contribution is -2.21. The molecule has 2 unspecified atom stereocenters. The maximum atomic E-state index is 10.7. The number of carboxylic acids is 1. The normalized spacial score (nSPS) is 27.7. The molecule has 13 heavy (non-hydrogen) atoms. The highest BCUT2D eigenvalue weighted by Gasteiger charge is 2.31. The predicted molar refractivity (Wildman–Crippen MR) is 54.1 cm³/mol. The first-order valence-electron chi connectivity index (χ1n) is 3.92. The van der Waals surface area contributed by atoms with Crippen LogP contribution in [0, 0.1) is 0 Å². The molecule has 0 spiro atoms. The van der Waals surface area contributed by atoms with Gasteiger partial charge in [0.2, 0.25) is 0 Å². The molecule has 0 aromatic carbocycles. The zero-order valence-electron chi connectivity index (χ0n) is 6.77. The van der Waals surface area contributed by atoms with E-state index in [4.69, 9.17) is 5.11 Å². The van der Waals surface area contributed by atoms with E-state index in [0.717, 1.165) is 0 Å². The van der Waals surface area contributed by atoms with Crippen LogP contribution < -0.4 is 5.32 Å². The first-order chi connectivity index (χ1) is 6.27. The topological polar surface area (TPSA) is 49.3 Å². The Kier molecular flexibility index (Phi) is 2.57. The molecule has 1 aromatic rings. The minimum atomic E-state index is -0.725. The maximum Gasteiger partial charge on any atom is 0.318 e. The number of rotatable bonds is 2. The van der Waals surface area contributed by atoms with Crippen LogP contribution in [-0.4, -0.2) is 22.9 Å². The minimum Gasteiger partial charge on any atom is -0.480 e. The number of thiophene rings is 1. The predicted octanol–water partition coefficient (Wildman–Crippen LogP) is 1.54. The Labute approximate surface area is 84.2 Å². The number of carbonyl (C=O) groups is 1. The van der Waals surface area contributed by atoms with Gasteiger partial charge >= 0.3 is 5.97 Å². The summed E-state index contributed by atoms with van der Waals surface area (Å²) in [5, 5.41) is 13.8. The Balaban J connectivity index is 2.03. The van der Waals surface area contributed by atoms with Gasteiger partial charge in [-0.25, -0.2) is 0 Å². The smallest absolute Gasteiger partial charge is 0.318 e. The summed E-state index contributed by atoms with van der Waals surface area (Å²) in [6, 6.07) is 4.01. The summed E-state index contributed by atoms with van der Waals surface area (Å²) < 4.78 is 0. The second kappa shape index (κ2) is 3.69. The van der Waals surface area contributed by atoms with Crippen molar-refractivity contribution in [2.45, 2.75) is 10.6 Å². The molecule has 0 amide bonds. The fourth-order valence-electron chi connectivity index (χ4n) is 1.23. The van der Waals surface area contributed by atoms with Crippen molar-refractivity contribution in [1.29, 1.82) is 0 Å². The second-order valence-electron chi connectivity index (χ2n) is 2.77. The summed E-state index contributed by atoms with van der Waals surface area (Å²) in [5.74, 6) is -0.725. The van der Waals surface area contributed by atoms with E-state index in [0.29, 0.717) is 6.54 Å². The Morgan fingerprint density at radius 1 is 1.69 bits per heavy atom. The van der Waals surface area contributed by atoms with Crippen LogP contribution in [0.1, 0.15) is 10.3 Å². The van der Waals surface area contributed by atoms with E-state index in [1.54, 1.807) is 11.3 Å². The van der Waals surface area contributed by atoms with E-state index in [1.807, 2.05) is 17.5 Å². The average Bonchev–Trinajstić information content (AvgIpc) is 2.75. The number of thioether (sulfide) groups is 1. The third-order valence-corrected chi connectivity index (χ3v) is 4.34. The number of nitrogens with one attached hydrogen (secondary N) is 1. The lowest BCUT2D eigenvalue weighted by molar-refractivity contribution is -0.136. The Morgan fingerprint density at radius 2 is 2.54 bits per heavy atom. The van der Waals surface area contributed by atoms with Gasteiger partial charge in [0.15, 0.2) is 0 Å². The fraction of sp³-hybridized carbons (Fsp3) is 0.375. The molecule has 2 rings (SSSR count). The summed E-state index contributed by atoms with van der Waals surface area (Å²) in [6.07, 6.45) is 0. The molecule has 3 nitrogen and oxygen atoms in total. The summed E-state index contributed by atoms with van der Waals surface area (Å²) in [6.45, 7) is 0.558. The molecule has 2 N–H and O–H groups in total. The van der Waals surface area contributed by atoms with Crippen molar-refractivity contribution in [3.63, 3.8) is 0 Å². The SMILES string of the molecule is O=C(O)C1CNC(c2cccs2)S1. The largest absolute Gasteiger partial charge is 0.480 e. The van der Waals surface area contributed by atoms with Crippen LogP contribution in [0.5, 0.6) is 0 Å². The van der Waals surface area contributed by atoms with Crippen LogP contribution in [-0.2, 0) is 4.79 Å². The lowest BCUT2D eigenvalue weighted by atomic mass is 10.4. The first-order valence-corrected chi connectivity index (χ1v) is 5.74. The number of carboxylic acid groups (broad SMARTS) is 1. The zero-order chi connectivity index (χ0) is 9.26. The quantitative estimate of drug-likeness (QED) is 0.785. The molecule has 1 aliphatic rings. The third kappa shape index (κ3) is 1.87. The van der Waals surface area contributed by atoms with Gasteiger partial charge in [-0.3, -0.25) is 10.1 Å². The summed E-state index contributed by atoms with van der Waals surface area (Å²) in [7, 11) is 0. The molecule has 0 aliphatic carbocycles. The van der Waals surface area contributed by atoms with Crippen molar-refractivity contribution in [2.75, 3.05) is 6.54 Å². The van der Waals surface area contributed by atoms with Crippen LogP contribution in [0.15, 0.2) is 17.5 Å². The Bertz CT molecular complexity index is 299. The van der Waals surface area contributed by atoms with Crippen molar-refractivity contribution in [1.82, 2.24) is 5.32 Å². The number of hydrogen-bond acceptors (Lipinski definition) is 4. The summed E-state index contributed by atoms with van der Waals surface area (Å²) in [5.41, 5.74) is 0. The van der Waals surface area contributed by atoms with Crippen molar-refractivity contribution in [2.24, 2.45) is 0 Å². The standard InChI is InChI=1S/C8H9NO2S2/c10-8(11)6-4-9-7(13-6)5-2-1-3-12-5/h1-3,6-7,9H,4H2,(H,10,11). The zero-order valence-corrected chi connectivity index (χ0v) is 8.40. The van der Waals surface area contributed by atoms with E-state index in [1.165, 1.54) is 16.6 Å². The Hall–Kier alpha value is -0.520. The molecule has 70 valence electrons. The Morgan fingerprint density at radius 3 is 3.08 bits per heavy atom. The second-order valence-corrected chi connectivity index (χ2v) is 5.06. The molecule has 1 fully saturated rings. The van der Waals surface area contributed by atoms with Gasteiger partial charge in [0.05, 0.1) is 5.37 Å². The highest BCUT2D eigenvalue weighted by molar-refractivity contribution is 8.01. The van der Waals surface area contributed by atoms with Crippen LogP contribution >= 0.6 is 23.1 Å². The van der Waals surface area contributed by atoms with Crippen molar-refractivity contribution in [3.05, 3.63) is 22.4 Å². The molecule has 0 saturated carbocycles. The highest BCUT2D eigenvalue weighted by Crippen LogP contribution is 2.36. The number of hydrogen-bond donors (Lipinski definition) is 2. The molecular weight excluding hydrogens is 206 g/mol. The average molecular weight is 215 g/mol. The van der Waals surface area contributed by atoms with Crippen molar-refractivity contribution < 1.29 is 9.90 Å². The monoisotopic (exact) mass is 215 g/mol. The molecule has 2 heterocycles. The number of aliphatic carboxylic acids is 1. The molecule has 0 bridgehead atoms. The van der Waals surface area contributed by atoms with Crippen LogP contribution in [0.2, 0.25) is 0 Å². The van der Waals surface area contributed by atoms with E-state index in [9.17, 15) is 4.79 Å². The van der Waals surface area contributed by atoms with Gasteiger partial charge in [-0.2, -0.15) is 0 Å². The molecule has 5 heteroatoms. The van der Waals surface area contributed by atoms with E-state index in [2.05, 4.69) is 5.32 Å². The van der Waals surface area contributed by atoms with E-state index in [-0.39, 0.29) is 10.6 Å². The van der Waals surface area contributed by atoms with E-state index < -0.39 is 5.97 Å². The molecule has 2 atom stereocenters. The van der Waals surface area contributed by atoms with Crippen LogP contribution in [0.3, 0.4) is 0 Å². The van der Waals surface area contributed by atoms with Gasteiger partial charge in [-0.05, 0) is 11.4 Å². The lowest BCUT2D eigenvalue weighted by Gasteiger charge is -2.05. The highest BCUT2D eigenvalue weighted by atomic mass is 32.2. The molecule has 1 saturated heterocycles. The van der Waals surface area contributed by atoms with Crippen molar-refractivity contribution >= 4 is 29.1 Å². The van der Waals surface area contributed by atoms with Gasteiger partial charge < -0.3 is 5.11 Å². The molecule has 1 aromatic heterocycles. The van der Waals surface area contributed by atoms with Crippen molar-refractivity contribution in [3.8, 4) is 0 Å². The molecular formula is C8H9NO2S2. The van der Waals surface area contributed by atoms with Gasteiger partial charge in [0.25, 0.3) is 0 Å². The molecule has 1 aliphatic heterocycles. The molecule has 0 radical (unpaired) electrons. The summed E-state index contributed by atoms with van der Waals surface area (Å²) >= 11 is 3.13. The van der Waals surface area contributed by atoms with E-state index >= 15 is 0 Å². The fourth-order valence-corrected chi connectivity index (χ4v) is 3.28. The van der Waals surface area contributed by atoms with Gasteiger partial charge in [-0.1, -0.05) is 6.07 Å². The maximum absolute atomic E-state index is 10.7. The minimum absolute atomic E-state index is 0.168. The third-order valence-electron chi connectivity index (χ3n) is 1.87. The summed E-state index contributed by atoms with van der Waals surface area (Å²) in [4.78, 5) is 11.9. The van der Waals surface area contributed by atoms with Gasteiger partial charge in [-0.15, -0.1) is 23.1 Å². The van der Waals surface area contributed by atoms with Crippen LogP contribution in [0.4, 0.5) is 0 Å². The first kappa shape index (κ1) is 9.05.